The number of nitrogens with one attached hydrogen (secondary N) is 3. The van der Waals surface area contributed by atoms with Crippen LogP contribution in [0.2, 0.25) is 5.02 Å². The molecule has 2 rings (SSSR count). The van der Waals surface area contributed by atoms with Gasteiger partial charge in [-0.25, -0.2) is 4.39 Å². The molecule has 158 valence electrons. The van der Waals surface area contributed by atoms with Gasteiger partial charge in [-0.1, -0.05) is 23.7 Å². The van der Waals surface area contributed by atoms with Gasteiger partial charge in [-0.15, -0.1) is 24.0 Å². The predicted octanol–water partition coefficient (Wildman–Crippen LogP) is 3.46. The van der Waals surface area contributed by atoms with Gasteiger partial charge in [-0.05, 0) is 43.3 Å². The van der Waals surface area contributed by atoms with Crippen LogP contribution in [-0.2, 0) is 0 Å². The average molecular weight is 535 g/mol. The van der Waals surface area contributed by atoms with Crippen molar-refractivity contribution in [1.29, 1.82) is 0 Å². The first-order chi connectivity index (χ1) is 13.5. The van der Waals surface area contributed by atoms with Crippen molar-refractivity contribution in [2.75, 3.05) is 26.7 Å². The maximum absolute atomic E-state index is 12.9. The fourth-order valence-electron chi connectivity index (χ4n) is 2.35. The fourth-order valence-corrected chi connectivity index (χ4v) is 2.57. The molecule has 0 fully saturated rings. The molecule has 0 radical (unpaired) electrons. The molecule has 3 N–H and O–H groups in total. The highest BCUT2D eigenvalue weighted by Crippen LogP contribution is 2.14. The summed E-state index contributed by atoms with van der Waals surface area (Å²) >= 11 is 6.01. The van der Waals surface area contributed by atoms with E-state index in [1.54, 1.807) is 43.4 Å². The van der Waals surface area contributed by atoms with Crippen molar-refractivity contribution in [1.82, 2.24) is 16.0 Å². The molecule has 6 nitrogen and oxygen atoms in total. The van der Waals surface area contributed by atoms with Gasteiger partial charge in [-0.3, -0.25) is 9.79 Å². The lowest BCUT2D eigenvalue weighted by Gasteiger charge is -2.18. The maximum atomic E-state index is 12.9. The minimum absolute atomic E-state index is 0. The van der Waals surface area contributed by atoms with Gasteiger partial charge < -0.3 is 20.7 Å². The Morgan fingerprint density at radius 3 is 2.41 bits per heavy atom. The lowest BCUT2D eigenvalue weighted by atomic mass is 10.2. The number of nitrogens with zero attached hydrogens (tertiary/aromatic N) is 1. The molecule has 0 saturated carbocycles. The van der Waals surface area contributed by atoms with E-state index >= 15 is 0 Å². The van der Waals surface area contributed by atoms with Crippen LogP contribution in [0.25, 0.3) is 0 Å². The highest BCUT2D eigenvalue weighted by atomic mass is 127. The molecule has 29 heavy (non-hydrogen) atoms. The predicted molar refractivity (Wildman–Crippen MR) is 125 cm³/mol. The topological polar surface area (TPSA) is 74.8 Å². The molecule has 0 aliphatic rings. The monoisotopic (exact) mass is 534 g/mol. The molecule has 2 aromatic rings. The zero-order valence-corrected chi connectivity index (χ0v) is 19.3. The molecule has 2 aromatic carbocycles. The number of hydrogen-bond donors (Lipinski definition) is 3. The van der Waals surface area contributed by atoms with E-state index in [0.717, 1.165) is 0 Å². The minimum atomic E-state index is -0.302. The van der Waals surface area contributed by atoms with E-state index in [1.807, 2.05) is 6.92 Å². The first kappa shape index (κ1) is 25.0. The Balaban J connectivity index is 0.00000420. The number of rotatable bonds is 8. The standard InChI is InChI=1S/C20H24ClFN4O2.HI/c1-14(28-16-9-7-15(22)8-10-16)13-26-20(23-2)25-12-11-24-19(27)17-5-3-4-6-18(17)21;/h3-10,14H,11-13H2,1-2H3,(H,24,27)(H2,23,25,26);1H. The van der Waals surface area contributed by atoms with Gasteiger partial charge >= 0.3 is 0 Å². The fraction of sp³-hybridized carbons (Fsp3) is 0.300. The van der Waals surface area contributed by atoms with Gasteiger partial charge in [0, 0.05) is 20.1 Å². The van der Waals surface area contributed by atoms with Crippen molar-refractivity contribution in [2.24, 2.45) is 4.99 Å². The number of benzene rings is 2. The number of hydrogen-bond acceptors (Lipinski definition) is 3. The SMILES string of the molecule is CN=C(NCCNC(=O)c1ccccc1Cl)NCC(C)Oc1ccc(F)cc1.I. The third-order valence-corrected chi connectivity index (χ3v) is 4.08. The summed E-state index contributed by atoms with van der Waals surface area (Å²) in [5.41, 5.74) is 0.443. The van der Waals surface area contributed by atoms with Crippen LogP contribution in [-0.4, -0.2) is 44.7 Å². The van der Waals surface area contributed by atoms with Crippen LogP contribution in [0, 0.1) is 5.82 Å². The molecule has 0 heterocycles. The molecule has 0 saturated heterocycles. The summed E-state index contributed by atoms with van der Waals surface area (Å²) in [7, 11) is 1.66. The van der Waals surface area contributed by atoms with E-state index in [0.29, 0.717) is 41.9 Å². The largest absolute Gasteiger partial charge is 0.489 e. The van der Waals surface area contributed by atoms with E-state index in [9.17, 15) is 9.18 Å². The summed E-state index contributed by atoms with van der Waals surface area (Å²) in [5.74, 6) is 0.656. The quantitative estimate of drug-likeness (QED) is 0.210. The number of aliphatic imine (C=N–C) groups is 1. The van der Waals surface area contributed by atoms with E-state index in [2.05, 4.69) is 20.9 Å². The van der Waals surface area contributed by atoms with Gasteiger partial charge in [0.1, 0.15) is 17.7 Å². The van der Waals surface area contributed by atoms with E-state index < -0.39 is 0 Å². The second-order valence-electron chi connectivity index (χ2n) is 6.00. The summed E-state index contributed by atoms with van der Waals surface area (Å²) in [4.78, 5) is 16.2. The van der Waals surface area contributed by atoms with Gasteiger partial charge in [0.2, 0.25) is 0 Å². The summed E-state index contributed by atoms with van der Waals surface area (Å²) in [6.45, 7) is 3.30. The minimum Gasteiger partial charge on any atom is -0.489 e. The zero-order valence-electron chi connectivity index (χ0n) is 16.2. The lowest BCUT2D eigenvalue weighted by molar-refractivity contribution is 0.0954. The number of carbonyl (C=O) groups is 1. The maximum Gasteiger partial charge on any atom is 0.252 e. The molecule has 1 unspecified atom stereocenters. The Kier molecular flexibility index (Phi) is 11.4. The van der Waals surface area contributed by atoms with Crippen molar-refractivity contribution < 1.29 is 13.9 Å². The average Bonchev–Trinajstić information content (AvgIpc) is 2.69. The van der Waals surface area contributed by atoms with Crippen molar-refractivity contribution in [3.63, 3.8) is 0 Å². The second kappa shape index (κ2) is 13.2. The van der Waals surface area contributed by atoms with Crippen LogP contribution < -0.4 is 20.7 Å². The molecule has 0 spiro atoms. The molecule has 0 aliphatic heterocycles. The smallest absolute Gasteiger partial charge is 0.252 e. The summed E-state index contributed by atoms with van der Waals surface area (Å²) in [5, 5.41) is 9.45. The summed E-state index contributed by atoms with van der Waals surface area (Å²) < 4.78 is 18.6. The highest BCUT2D eigenvalue weighted by Gasteiger charge is 2.09. The molecule has 0 aromatic heterocycles. The molecular weight excluding hydrogens is 510 g/mol. The molecular formula is C20H25ClFIN4O2. The number of ether oxygens (including phenoxy) is 1. The van der Waals surface area contributed by atoms with Crippen LogP contribution in [0.15, 0.2) is 53.5 Å². The molecule has 1 atom stereocenters. The Morgan fingerprint density at radius 1 is 1.10 bits per heavy atom. The molecule has 0 aliphatic carbocycles. The third-order valence-electron chi connectivity index (χ3n) is 3.75. The van der Waals surface area contributed by atoms with Gasteiger partial charge in [0.15, 0.2) is 5.96 Å². The van der Waals surface area contributed by atoms with Crippen molar-refractivity contribution in [2.45, 2.75) is 13.0 Å². The molecule has 9 heteroatoms. The van der Waals surface area contributed by atoms with Gasteiger partial charge in [0.05, 0.1) is 17.1 Å². The van der Waals surface area contributed by atoms with Crippen molar-refractivity contribution >= 4 is 47.4 Å². The lowest BCUT2D eigenvalue weighted by Crippen LogP contribution is -2.44. The number of halogens is 3. The normalized spacial score (nSPS) is 11.8. The van der Waals surface area contributed by atoms with E-state index in [1.165, 1.54) is 12.1 Å². The van der Waals surface area contributed by atoms with Crippen LogP contribution >= 0.6 is 35.6 Å². The zero-order chi connectivity index (χ0) is 20.4. The first-order valence-corrected chi connectivity index (χ1v) is 9.27. The Hall–Kier alpha value is -2.07. The van der Waals surface area contributed by atoms with Gasteiger partial charge in [0.25, 0.3) is 5.91 Å². The first-order valence-electron chi connectivity index (χ1n) is 8.89. The van der Waals surface area contributed by atoms with Crippen molar-refractivity contribution in [3.05, 3.63) is 64.9 Å². The summed E-state index contributed by atoms with van der Waals surface area (Å²) in [6.07, 6.45) is -0.149. The van der Waals surface area contributed by atoms with Crippen LogP contribution in [0.3, 0.4) is 0 Å². The molecule has 0 bridgehead atoms. The summed E-state index contributed by atoms with van der Waals surface area (Å²) in [6, 6.07) is 12.8. The Labute approximate surface area is 192 Å². The van der Waals surface area contributed by atoms with Gasteiger partial charge in [-0.2, -0.15) is 0 Å². The van der Waals surface area contributed by atoms with Crippen LogP contribution in [0.5, 0.6) is 5.75 Å². The second-order valence-corrected chi connectivity index (χ2v) is 6.41. The Morgan fingerprint density at radius 2 is 1.76 bits per heavy atom. The number of amides is 1. The van der Waals surface area contributed by atoms with E-state index in [-0.39, 0.29) is 41.8 Å². The van der Waals surface area contributed by atoms with Crippen LogP contribution in [0.1, 0.15) is 17.3 Å². The van der Waals surface area contributed by atoms with E-state index in [4.69, 9.17) is 16.3 Å². The highest BCUT2D eigenvalue weighted by molar-refractivity contribution is 14.0. The number of carbonyl (C=O) groups excluding carboxylic acids is 1. The Bertz CT molecular complexity index is 805. The van der Waals surface area contributed by atoms with Crippen molar-refractivity contribution in [3.8, 4) is 5.75 Å². The van der Waals surface area contributed by atoms with Crippen LogP contribution in [0.4, 0.5) is 4.39 Å². The molecule has 1 amide bonds. The third kappa shape index (κ3) is 8.86. The number of guanidine groups is 1.